The second kappa shape index (κ2) is 7.25. The maximum atomic E-state index is 13.5. The van der Waals surface area contributed by atoms with E-state index in [0.29, 0.717) is 21.8 Å². The van der Waals surface area contributed by atoms with E-state index in [-0.39, 0.29) is 23.0 Å². The predicted octanol–water partition coefficient (Wildman–Crippen LogP) is 5.60. The van der Waals surface area contributed by atoms with Crippen LogP contribution in [0.3, 0.4) is 0 Å². The summed E-state index contributed by atoms with van der Waals surface area (Å²) in [6.07, 6.45) is 1.75. The lowest BCUT2D eigenvalue weighted by Gasteiger charge is -2.06. The summed E-state index contributed by atoms with van der Waals surface area (Å²) < 4.78 is 1.67. The molecule has 4 nitrogen and oxygen atoms in total. The van der Waals surface area contributed by atoms with Crippen LogP contribution < -0.4 is 0 Å². The minimum absolute atomic E-state index is 0.127. The summed E-state index contributed by atoms with van der Waals surface area (Å²) in [6.45, 7) is 0. The number of benzene rings is 3. The van der Waals surface area contributed by atoms with Crippen LogP contribution in [0.4, 0.5) is 0 Å². The average Bonchev–Trinajstić information content (AvgIpc) is 3.18. The Labute approximate surface area is 177 Å². The predicted molar refractivity (Wildman–Crippen MR) is 117 cm³/mol. The third kappa shape index (κ3) is 3.08. The Hall–Kier alpha value is -3.76. The number of nitrogens with zero attached hydrogens (tertiary/aromatic N) is 2. The summed E-state index contributed by atoms with van der Waals surface area (Å²) in [6, 6.07) is 25.3. The quantitative estimate of drug-likeness (QED) is 0.362. The topological polar surface area (TPSA) is 51.4 Å². The molecule has 0 aliphatic carbocycles. The van der Waals surface area contributed by atoms with Gasteiger partial charge in [-0.3, -0.25) is 14.0 Å². The van der Waals surface area contributed by atoms with E-state index in [1.54, 1.807) is 47.0 Å². The third-order valence-corrected chi connectivity index (χ3v) is 5.33. The summed E-state index contributed by atoms with van der Waals surface area (Å²) in [5.41, 5.74) is 1.85. The number of hydrogen-bond donors (Lipinski definition) is 0. The van der Waals surface area contributed by atoms with Crippen LogP contribution in [0.2, 0.25) is 5.02 Å². The van der Waals surface area contributed by atoms with Gasteiger partial charge in [-0.2, -0.15) is 0 Å². The normalized spacial score (nSPS) is 11.1. The highest BCUT2D eigenvalue weighted by atomic mass is 35.5. The van der Waals surface area contributed by atoms with Crippen LogP contribution in [0, 0.1) is 0 Å². The van der Waals surface area contributed by atoms with Gasteiger partial charge < -0.3 is 0 Å². The van der Waals surface area contributed by atoms with Crippen LogP contribution in [0.25, 0.3) is 16.4 Å². The first-order chi connectivity index (χ1) is 14.6. The number of carbonyl (C=O) groups excluding carboxylic acids is 2. The molecule has 0 radical (unpaired) electrons. The third-order valence-electron chi connectivity index (χ3n) is 5.08. The Kier molecular flexibility index (Phi) is 4.42. The van der Waals surface area contributed by atoms with Crippen LogP contribution in [-0.2, 0) is 0 Å². The molecule has 0 N–H and O–H groups in total. The van der Waals surface area contributed by atoms with Gasteiger partial charge in [-0.05, 0) is 53.2 Å². The molecule has 0 spiro atoms. The smallest absolute Gasteiger partial charge is 0.213 e. The van der Waals surface area contributed by atoms with E-state index in [4.69, 9.17) is 11.6 Å². The molecule has 0 aliphatic rings. The molecule has 144 valence electrons. The van der Waals surface area contributed by atoms with Crippen LogP contribution in [0.1, 0.15) is 32.1 Å². The van der Waals surface area contributed by atoms with E-state index in [1.165, 1.54) is 0 Å². The molecule has 5 heteroatoms. The molecule has 0 unspecified atom stereocenters. The lowest BCUT2D eigenvalue weighted by atomic mass is 9.99. The van der Waals surface area contributed by atoms with E-state index in [9.17, 15) is 9.59 Å². The van der Waals surface area contributed by atoms with Crippen LogP contribution in [-0.4, -0.2) is 21.0 Å². The molecule has 5 aromatic rings. The second-order valence-electron chi connectivity index (χ2n) is 6.96. The zero-order valence-corrected chi connectivity index (χ0v) is 16.5. The monoisotopic (exact) mass is 410 g/mol. The largest absolute Gasteiger partial charge is 0.296 e. The summed E-state index contributed by atoms with van der Waals surface area (Å²) in [5, 5.41) is 2.54. The fourth-order valence-corrected chi connectivity index (χ4v) is 3.70. The number of rotatable bonds is 4. The van der Waals surface area contributed by atoms with Crippen molar-refractivity contribution in [3.05, 3.63) is 119 Å². The first-order valence-corrected chi connectivity index (χ1v) is 9.80. The molecule has 2 heterocycles. The van der Waals surface area contributed by atoms with Gasteiger partial charge in [0.1, 0.15) is 17.0 Å². The van der Waals surface area contributed by atoms with Crippen molar-refractivity contribution in [3.63, 3.8) is 0 Å². The van der Waals surface area contributed by atoms with Crippen LogP contribution in [0.15, 0.2) is 91.1 Å². The van der Waals surface area contributed by atoms with Crippen molar-refractivity contribution in [2.45, 2.75) is 0 Å². The van der Waals surface area contributed by atoms with Crippen molar-refractivity contribution < 1.29 is 9.59 Å². The summed E-state index contributed by atoms with van der Waals surface area (Å²) in [5.74, 6) is -0.573. The molecular weight excluding hydrogens is 396 g/mol. The molecule has 3 aromatic carbocycles. The number of halogens is 1. The Morgan fingerprint density at radius 2 is 1.43 bits per heavy atom. The number of fused-ring (bicyclic) bond motifs is 2. The van der Waals surface area contributed by atoms with E-state index < -0.39 is 0 Å². The number of pyridine rings is 1. The van der Waals surface area contributed by atoms with Gasteiger partial charge in [0.25, 0.3) is 0 Å². The Morgan fingerprint density at radius 3 is 2.23 bits per heavy atom. The zero-order valence-electron chi connectivity index (χ0n) is 15.7. The van der Waals surface area contributed by atoms with E-state index in [2.05, 4.69) is 4.98 Å². The molecule has 2 aromatic heterocycles. The molecule has 30 heavy (non-hydrogen) atoms. The highest BCUT2D eigenvalue weighted by Gasteiger charge is 2.26. The van der Waals surface area contributed by atoms with E-state index in [1.807, 2.05) is 48.5 Å². The van der Waals surface area contributed by atoms with Crippen molar-refractivity contribution in [2.24, 2.45) is 0 Å². The van der Waals surface area contributed by atoms with Gasteiger partial charge in [0.05, 0.1) is 0 Å². The summed E-state index contributed by atoms with van der Waals surface area (Å²) in [4.78, 5) is 31.2. The maximum Gasteiger partial charge on any atom is 0.213 e. The fraction of sp³-hybridized carbons (Fsp3) is 0. The maximum absolute atomic E-state index is 13.5. The minimum Gasteiger partial charge on any atom is -0.296 e. The highest BCUT2D eigenvalue weighted by molar-refractivity contribution is 6.30. The molecule has 5 rings (SSSR count). The SMILES string of the molecule is O=C(c1ccc(Cl)cc1)c1nc2ccccn2c1C(=O)c1ccc2ccccc2c1. The first-order valence-electron chi connectivity index (χ1n) is 9.43. The van der Waals surface area contributed by atoms with Gasteiger partial charge in [-0.1, -0.05) is 54.1 Å². The Bertz CT molecular complexity index is 1440. The van der Waals surface area contributed by atoms with E-state index >= 15 is 0 Å². The second-order valence-corrected chi connectivity index (χ2v) is 7.40. The fourth-order valence-electron chi connectivity index (χ4n) is 3.58. The van der Waals surface area contributed by atoms with Crippen LogP contribution >= 0.6 is 11.6 Å². The first kappa shape index (κ1) is 18.3. The zero-order chi connectivity index (χ0) is 20.7. The average molecular weight is 411 g/mol. The number of hydrogen-bond acceptors (Lipinski definition) is 3. The molecule has 0 saturated carbocycles. The van der Waals surface area contributed by atoms with Crippen LogP contribution in [0.5, 0.6) is 0 Å². The van der Waals surface area contributed by atoms with Gasteiger partial charge in [0.2, 0.25) is 11.6 Å². The number of ketones is 2. The van der Waals surface area contributed by atoms with Gasteiger partial charge in [-0.25, -0.2) is 4.98 Å². The molecular formula is C25H15ClN2O2. The van der Waals surface area contributed by atoms with E-state index in [0.717, 1.165) is 10.8 Å². The van der Waals surface area contributed by atoms with Gasteiger partial charge in [0, 0.05) is 22.3 Å². The van der Waals surface area contributed by atoms with Crippen molar-refractivity contribution in [2.75, 3.05) is 0 Å². The molecule has 0 aliphatic heterocycles. The Morgan fingerprint density at radius 1 is 0.733 bits per heavy atom. The van der Waals surface area contributed by atoms with Gasteiger partial charge in [-0.15, -0.1) is 0 Å². The van der Waals surface area contributed by atoms with Crippen molar-refractivity contribution in [3.8, 4) is 0 Å². The van der Waals surface area contributed by atoms with Crippen molar-refractivity contribution in [1.29, 1.82) is 0 Å². The van der Waals surface area contributed by atoms with Crippen molar-refractivity contribution in [1.82, 2.24) is 9.38 Å². The standard InChI is InChI=1S/C25H15ClN2O2/c26-20-12-10-17(11-13-20)24(29)22-23(28-14-4-3-7-21(28)27-22)25(30)19-9-8-16-5-1-2-6-18(16)15-19/h1-15H. The lowest BCUT2D eigenvalue weighted by Crippen LogP contribution is -2.12. The number of aromatic nitrogens is 2. The van der Waals surface area contributed by atoms with Gasteiger partial charge >= 0.3 is 0 Å². The molecule has 0 fully saturated rings. The summed E-state index contributed by atoms with van der Waals surface area (Å²) in [7, 11) is 0. The Balaban J connectivity index is 1.68. The molecule has 0 amide bonds. The molecule has 0 bridgehead atoms. The highest BCUT2D eigenvalue weighted by Crippen LogP contribution is 2.23. The number of imidazole rings is 1. The number of carbonyl (C=O) groups is 2. The molecule has 0 saturated heterocycles. The van der Waals surface area contributed by atoms with Gasteiger partial charge in [0.15, 0.2) is 0 Å². The molecule has 0 atom stereocenters. The lowest BCUT2D eigenvalue weighted by molar-refractivity contribution is 0.0997. The minimum atomic E-state index is -0.320. The summed E-state index contributed by atoms with van der Waals surface area (Å²) >= 11 is 5.95. The van der Waals surface area contributed by atoms with Crippen molar-refractivity contribution >= 4 is 39.6 Å².